The van der Waals surface area contributed by atoms with Crippen LogP contribution in [0.2, 0.25) is 0 Å². The third-order valence-electron chi connectivity index (χ3n) is 0.973. The molecule has 0 aromatic rings. The number of rotatable bonds is 2. The summed E-state index contributed by atoms with van der Waals surface area (Å²) in [5.74, 6) is -2.55. The van der Waals surface area contributed by atoms with Crippen LogP contribution in [0.5, 0.6) is 0 Å². The zero-order valence-electron chi connectivity index (χ0n) is 5.75. The van der Waals surface area contributed by atoms with E-state index in [1.807, 2.05) is 0 Å². The topological polar surface area (TPSA) is 67.2 Å². The van der Waals surface area contributed by atoms with Crippen molar-refractivity contribution >= 4 is 11.8 Å². The van der Waals surface area contributed by atoms with Gasteiger partial charge in [-0.15, -0.1) is 0 Å². The summed E-state index contributed by atoms with van der Waals surface area (Å²) in [6, 6.07) is 1.53. The van der Waals surface area contributed by atoms with Crippen LogP contribution in [0.25, 0.3) is 0 Å². The Morgan fingerprint density at radius 2 is 2.10 bits per heavy atom. The van der Waals surface area contributed by atoms with Crippen LogP contribution in [-0.4, -0.2) is 18.9 Å². The summed E-state index contributed by atoms with van der Waals surface area (Å²) >= 11 is 0. The average Bonchev–Trinajstić information content (AvgIpc) is 1.88. The lowest BCUT2D eigenvalue weighted by molar-refractivity contribution is -0.146. The van der Waals surface area contributed by atoms with Crippen LogP contribution < -0.4 is 0 Å². The van der Waals surface area contributed by atoms with E-state index in [9.17, 15) is 9.59 Å². The van der Waals surface area contributed by atoms with Gasteiger partial charge in [0.2, 0.25) is 5.92 Å². The predicted molar refractivity (Wildman–Crippen MR) is 31.8 cm³/mol. The van der Waals surface area contributed by atoms with Gasteiger partial charge in [-0.05, 0) is 6.92 Å². The fraction of sp³-hybridized carbons (Fsp3) is 0.500. The summed E-state index contributed by atoms with van der Waals surface area (Å²) in [6.45, 7) is 1.17. The van der Waals surface area contributed by atoms with Crippen LogP contribution >= 0.6 is 0 Å². The van der Waals surface area contributed by atoms with Crippen molar-refractivity contribution in [3.05, 3.63) is 0 Å². The zero-order chi connectivity index (χ0) is 8.15. The van der Waals surface area contributed by atoms with Gasteiger partial charge in [-0.1, -0.05) is 0 Å². The second kappa shape index (κ2) is 3.62. The molecule has 4 nitrogen and oxygen atoms in total. The van der Waals surface area contributed by atoms with E-state index in [1.54, 1.807) is 0 Å². The van der Waals surface area contributed by atoms with Crippen molar-refractivity contribution in [1.82, 2.24) is 0 Å². The van der Waals surface area contributed by atoms with Gasteiger partial charge in [-0.2, -0.15) is 5.26 Å². The maximum Gasteiger partial charge on any atom is 0.330 e. The number of ketones is 1. The molecular weight excluding hydrogens is 134 g/mol. The Bertz CT molecular complexity index is 192. The number of nitrogens with zero attached hydrogens (tertiary/aromatic N) is 1. The number of carbonyl (C=O) groups excluding carboxylic acids is 2. The molecule has 0 N–H and O–H groups in total. The number of nitriles is 1. The van der Waals surface area contributed by atoms with Crippen molar-refractivity contribution < 1.29 is 14.3 Å². The number of carbonyl (C=O) groups is 2. The SMILES string of the molecule is COC(=O)[C@@H](C#N)C(C)=O. The molecule has 0 unspecified atom stereocenters. The monoisotopic (exact) mass is 141 g/mol. The Labute approximate surface area is 58.4 Å². The van der Waals surface area contributed by atoms with Gasteiger partial charge in [0, 0.05) is 0 Å². The van der Waals surface area contributed by atoms with E-state index in [1.165, 1.54) is 13.0 Å². The lowest BCUT2D eigenvalue weighted by Gasteiger charge is -1.99. The standard InChI is InChI=1S/C6H7NO3/c1-4(8)5(3-7)6(9)10-2/h5H,1-2H3/t5-/m0/s1. The molecule has 54 valence electrons. The highest BCUT2D eigenvalue weighted by Gasteiger charge is 2.22. The maximum absolute atomic E-state index is 10.5. The van der Waals surface area contributed by atoms with Gasteiger partial charge < -0.3 is 4.74 Å². The van der Waals surface area contributed by atoms with Gasteiger partial charge in [0.05, 0.1) is 13.2 Å². The van der Waals surface area contributed by atoms with E-state index in [-0.39, 0.29) is 0 Å². The normalized spacial score (nSPS) is 11.3. The number of esters is 1. The molecule has 0 saturated heterocycles. The molecule has 0 bridgehead atoms. The van der Waals surface area contributed by atoms with Gasteiger partial charge in [-0.3, -0.25) is 9.59 Å². The van der Waals surface area contributed by atoms with Crippen LogP contribution in [0.3, 0.4) is 0 Å². The first kappa shape index (κ1) is 8.63. The zero-order valence-corrected chi connectivity index (χ0v) is 5.75. The minimum Gasteiger partial charge on any atom is -0.468 e. The van der Waals surface area contributed by atoms with Crippen molar-refractivity contribution in [2.45, 2.75) is 6.92 Å². The van der Waals surface area contributed by atoms with Gasteiger partial charge in [0.25, 0.3) is 0 Å². The molecule has 0 fully saturated rings. The van der Waals surface area contributed by atoms with Crippen molar-refractivity contribution in [1.29, 1.82) is 5.26 Å². The molecule has 0 aromatic carbocycles. The Hall–Kier alpha value is -1.37. The van der Waals surface area contributed by atoms with E-state index in [0.29, 0.717) is 0 Å². The fourth-order valence-electron chi connectivity index (χ4n) is 0.427. The Balaban J connectivity index is 4.25. The lowest BCUT2D eigenvalue weighted by Crippen LogP contribution is -2.21. The molecule has 10 heavy (non-hydrogen) atoms. The molecule has 0 spiro atoms. The number of methoxy groups -OCH3 is 1. The van der Waals surface area contributed by atoms with Gasteiger partial charge in [0.15, 0.2) is 5.78 Å². The van der Waals surface area contributed by atoms with Crippen molar-refractivity contribution in [2.75, 3.05) is 7.11 Å². The smallest absolute Gasteiger partial charge is 0.330 e. The van der Waals surface area contributed by atoms with E-state index >= 15 is 0 Å². The predicted octanol–water partition coefficient (Wildman–Crippen LogP) is -0.112. The second-order valence-electron chi connectivity index (χ2n) is 1.70. The van der Waals surface area contributed by atoms with E-state index < -0.39 is 17.7 Å². The Morgan fingerprint density at radius 1 is 1.60 bits per heavy atom. The number of Topliss-reactive ketones (excluding diaryl/α,β-unsaturated/α-hetero) is 1. The highest BCUT2D eigenvalue weighted by Crippen LogP contribution is 1.97. The highest BCUT2D eigenvalue weighted by molar-refractivity contribution is 6.00. The Kier molecular flexibility index (Phi) is 3.12. The van der Waals surface area contributed by atoms with Crippen LogP contribution in [0.15, 0.2) is 0 Å². The number of ether oxygens (including phenoxy) is 1. The molecular formula is C6H7NO3. The molecule has 4 heteroatoms. The molecule has 0 aromatic heterocycles. The average molecular weight is 141 g/mol. The summed E-state index contributed by atoms with van der Waals surface area (Å²) in [6.07, 6.45) is 0. The second-order valence-corrected chi connectivity index (χ2v) is 1.70. The van der Waals surface area contributed by atoms with E-state index in [0.717, 1.165) is 7.11 Å². The van der Waals surface area contributed by atoms with E-state index in [4.69, 9.17) is 5.26 Å². The van der Waals surface area contributed by atoms with Crippen LogP contribution in [0, 0.1) is 17.2 Å². The van der Waals surface area contributed by atoms with Crippen LogP contribution in [0.4, 0.5) is 0 Å². The molecule has 0 saturated carbocycles. The molecule has 0 aliphatic carbocycles. The van der Waals surface area contributed by atoms with Crippen molar-refractivity contribution in [3.63, 3.8) is 0 Å². The van der Waals surface area contributed by atoms with Crippen molar-refractivity contribution in [3.8, 4) is 6.07 Å². The van der Waals surface area contributed by atoms with E-state index in [2.05, 4.69) is 4.74 Å². The molecule has 0 amide bonds. The summed E-state index contributed by atoms with van der Waals surface area (Å²) in [4.78, 5) is 21.0. The summed E-state index contributed by atoms with van der Waals surface area (Å²) in [7, 11) is 1.13. The highest BCUT2D eigenvalue weighted by atomic mass is 16.5. The summed E-state index contributed by atoms with van der Waals surface area (Å²) in [5, 5.41) is 8.23. The third-order valence-corrected chi connectivity index (χ3v) is 0.973. The first-order valence-electron chi connectivity index (χ1n) is 2.61. The van der Waals surface area contributed by atoms with Crippen molar-refractivity contribution in [2.24, 2.45) is 5.92 Å². The summed E-state index contributed by atoms with van der Waals surface area (Å²) < 4.78 is 4.18. The number of hydrogen-bond donors (Lipinski definition) is 0. The van der Waals surface area contributed by atoms with Crippen LogP contribution in [0.1, 0.15) is 6.92 Å². The summed E-state index contributed by atoms with van der Waals surface area (Å²) in [5.41, 5.74) is 0. The van der Waals surface area contributed by atoms with Gasteiger partial charge >= 0.3 is 5.97 Å². The lowest BCUT2D eigenvalue weighted by atomic mass is 10.1. The first-order valence-corrected chi connectivity index (χ1v) is 2.61. The molecule has 0 radical (unpaired) electrons. The molecule has 1 atom stereocenters. The number of hydrogen-bond acceptors (Lipinski definition) is 4. The fourth-order valence-corrected chi connectivity index (χ4v) is 0.427. The Morgan fingerprint density at radius 3 is 2.20 bits per heavy atom. The maximum atomic E-state index is 10.5. The molecule has 0 heterocycles. The van der Waals surface area contributed by atoms with Crippen LogP contribution in [-0.2, 0) is 14.3 Å². The molecule has 0 rings (SSSR count). The molecule has 0 aliphatic rings. The largest absolute Gasteiger partial charge is 0.468 e. The third kappa shape index (κ3) is 1.86. The van der Waals surface area contributed by atoms with Gasteiger partial charge in [0.1, 0.15) is 0 Å². The minimum atomic E-state index is -1.26. The molecule has 0 aliphatic heterocycles. The van der Waals surface area contributed by atoms with Gasteiger partial charge in [-0.25, -0.2) is 0 Å². The first-order chi connectivity index (χ1) is 4.63. The minimum absolute atomic E-state index is 0.491. The quantitative estimate of drug-likeness (QED) is 0.397.